The lowest BCUT2D eigenvalue weighted by Gasteiger charge is -2.62. The zero-order valence-corrected chi connectivity index (χ0v) is 26.7. The van der Waals surface area contributed by atoms with E-state index in [2.05, 4.69) is 20.8 Å². The first kappa shape index (κ1) is 30.3. The van der Waals surface area contributed by atoms with Gasteiger partial charge >= 0.3 is 0 Å². The number of fused-ring (bicyclic) bond motifs is 5. The predicted octanol–water partition coefficient (Wildman–Crippen LogP) is 8.14. The molecule has 42 heavy (non-hydrogen) atoms. The SMILES string of the molecule is CC[C@]1(O)CCC2(C)C(CCC3C4CCC(CC(CC(O)c5ccccc5)S(=O)(=O)c5ccccc5)C4(C)CCC32)C1. The fraction of sp³-hybridized carbons (Fsp3) is 0.676. The summed E-state index contributed by atoms with van der Waals surface area (Å²) in [6.07, 6.45) is 11.1. The summed E-state index contributed by atoms with van der Waals surface area (Å²) in [5.41, 5.74) is 0.783. The van der Waals surface area contributed by atoms with Crippen LogP contribution in [0.1, 0.15) is 109 Å². The van der Waals surface area contributed by atoms with E-state index in [1.54, 1.807) is 24.3 Å². The maximum atomic E-state index is 14.1. The van der Waals surface area contributed by atoms with E-state index in [-0.39, 0.29) is 11.8 Å². The quantitative estimate of drug-likeness (QED) is 0.324. The molecule has 4 aliphatic carbocycles. The first-order chi connectivity index (χ1) is 20.0. The Hall–Kier alpha value is -1.69. The Balaban J connectivity index is 1.24. The lowest BCUT2D eigenvalue weighted by atomic mass is 9.43. The third-order valence-corrected chi connectivity index (χ3v) is 15.6. The second kappa shape index (κ2) is 11.3. The van der Waals surface area contributed by atoms with Gasteiger partial charge in [0.15, 0.2) is 9.84 Å². The van der Waals surface area contributed by atoms with Gasteiger partial charge in [-0.05, 0) is 135 Å². The molecule has 5 heteroatoms. The number of hydrogen-bond acceptors (Lipinski definition) is 4. The van der Waals surface area contributed by atoms with Crippen LogP contribution in [0, 0.1) is 40.4 Å². The summed E-state index contributed by atoms with van der Waals surface area (Å²) in [5, 5.41) is 21.8. The van der Waals surface area contributed by atoms with E-state index in [1.165, 1.54) is 32.1 Å². The molecule has 230 valence electrons. The van der Waals surface area contributed by atoms with E-state index in [0.717, 1.165) is 43.6 Å². The molecular formula is C37H52O4S. The number of benzene rings is 2. The first-order valence-electron chi connectivity index (χ1n) is 16.7. The van der Waals surface area contributed by atoms with Gasteiger partial charge in [-0.25, -0.2) is 8.42 Å². The molecule has 2 N–H and O–H groups in total. The summed E-state index contributed by atoms with van der Waals surface area (Å²) < 4.78 is 28.2. The van der Waals surface area contributed by atoms with Crippen LogP contribution in [-0.2, 0) is 9.84 Å². The van der Waals surface area contributed by atoms with Crippen LogP contribution in [-0.4, -0.2) is 29.5 Å². The van der Waals surface area contributed by atoms with Crippen molar-refractivity contribution < 1.29 is 18.6 Å². The molecule has 0 saturated heterocycles. The molecule has 4 aliphatic rings. The number of aliphatic hydroxyl groups excluding tert-OH is 1. The summed E-state index contributed by atoms with van der Waals surface area (Å²) in [5.74, 6) is 3.04. The van der Waals surface area contributed by atoms with Crippen molar-refractivity contribution in [3.8, 4) is 0 Å². The van der Waals surface area contributed by atoms with Crippen molar-refractivity contribution in [3.05, 3.63) is 66.2 Å². The maximum Gasteiger partial charge on any atom is 0.181 e. The minimum Gasteiger partial charge on any atom is -0.390 e. The van der Waals surface area contributed by atoms with Gasteiger partial charge in [-0.2, -0.15) is 0 Å². The van der Waals surface area contributed by atoms with Crippen LogP contribution in [0.25, 0.3) is 0 Å². The van der Waals surface area contributed by atoms with Gasteiger partial charge in [-0.15, -0.1) is 0 Å². The monoisotopic (exact) mass is 592 g/mol. The van der Waals surface area contributed by atoms with E-state index in [9.17, 15) is 18.6 Å². The van der Waals surface area contributed by atoms with E-state index < -0.39 is 26.8 Å². The van der Waals surface area contributed by atoms with Crippen LogP contribution < -0.4 is 0 Å². The topological polar surface area (TPSA) is 74.6 Å². The third-order valence-electron chi connectivity index (χ3n) is 13.4. The Morgan fingerprint density at radius 2 is 1.50 bits per heavy atom. The van der Waals surface area contributed by atoms with Gasteiger partial charge in [0.2, 0.25) is 0 Å². The van der Waals surface area contributed by atoms with Crippen LogP contribution >= 0.6 is 0 Å². The maximum absolute atomic E-state index is 14.1. The van der Waals surface area contributed by atoms with Crippen molar-refractivity contribution >= 4 is 9.84 Å². The van der Waals surface area contributed by atoms with Crippen molar-refractivity contribution in [2.24, 2.45) is 40.4 Å². The molecule has 4 fully saturated rings. The van der Waals surface area contributed by atoms with Gasteiger partial charge in [0.05, 0.1) is 21.9 Å². The molecule has 0 amide bonds. The number of hydrogen-bond donors (Lipinski definition) is 2. The molecule has 4 saturated carbocycles. The van der Waals surface area contributed by atoms with Gasteiger partial charge in [-0.1, -0.05) is 69.3 Å². The summed E-state index contributed by atoms with van der Waals surface area (Å²) >= 11 is 0. The lowest BCUT2D eigenvalue weighted by Crippen LogP contribution is -2.55. The number of sulfone groups is 1. The van der Waals surface area contributed by atoms with Crippen molar-refractivity contribution in [1.82, 2.24) is 0 Å². The van der Waals surface area contributed by atoms with Crippen molar-refractivity contribution in [2.75, 3.05) is 0 Å². The summed E-state index contributed by atoms with van der Waals surface area (Å²) in [6.45, 7) is 7.17. The summed E-state index contributed by atoms with van der Waals surface area (Å²) in [4.78, 5) is 0.370. The highest BCUT2D eigenvalue weighted by Gasteiger charge is 2.61. The van der Waals surface area contributed by atoms with Crippen LogP contribution in [0.5, 0.6) is 0 Å². The molecule has 2 aromatic rings. The van der Waals surface area contributed by atoms with Gasteiger partial charge in [-0.3, -0.25) is 0 Å². The number of rotatable bonds is 8. The minimum absolute atomic E-state index is 0.144. The highest BCUT2D eigenvalue weighted by molar-refractivity contribution is 7.92. The van der Waals surface area contributed by atoms with E-state index in [4.69, 9.17) is 0 Å². The van der Waals surface area contributed by atoms with Gasteiger partial charge in [0, 0.05) is 0 Å². The fourth-order valence-corrected chi connectivity index (χ4v) is 12.5. The van der Waals surface area contributed by atoms with Gasteiger partial charge < -0.3 is 10.2 Å². The highest BCUT2D eigenvalue weighted by Crippen LogP contribution is 2.68. The first-order valence-corrected chi connectivity index (χ1v) is 18.3. The zero-order valence-electron chi connectivity index (χ0n) is 25.9. The average molecular weight is 593 g/mol. The smallest absolute Gasteiger partial charge is 0.181 e. The second-order valence-corrected chi connectivity index (χ2v) is 17.4. The Labute approximate surface area is 254 Å². The normalized spacial score (nSPS) is 39.5. The average Bonchev–Trinajstić information content (AvgIpc) is 3.34. The van der Waals surface area contributed by atoms with Crippen LogP contribution in [0.15, 0.2) is 65.6 Å². The number of aliphatic hydroxyl groups is 2. The molecule has 0 aliphatic heterocycles. The molecule has 0 heterocycles. The Morgan fingerprint density at radius 3 is 2.19 bits per heavy atom. The molecule has 10 atom stereocenters. The molecular weight excluding hydrogens is 540 g/mol. The molecule has 0 radical (unpaired) electrons. The van der Waals surface area contributed by atoms with E-state index in [0.29, 0.717) is 40.4 Å². The van der Waals surface area contributed by atoms with E-state index >= 15 is 0 Å². The van der Waals surface area contributed by atoms with Crippen LogP contribution in [0.4, 0.5) is 0 Å². The van der Waals surface area contributed by atoms with Crippen LogP contribution in [0.3, 0.4) is 0 Å². The van der Waals surface area contributed by atoms with Crippen molar-refractivity contribution in [1.29, 1.82) is 0 Å². The van der Waals surface area contributed by atoms with Crippen LogP contribution in [0.2, 0.25) is 0 Å². The Bertz CT molecular complexity index is 1330. The minimum atomic E-state index is -3.60. The molecule has 2 aromatic carbocycles. The zero-order chi connectivity index (χ0) is 29.8. The predicted molar refractivity (Wildman–Crippen MR) is 169 cm³/mol. The molecule has 0 aromatic heterocycles. The van der Waals surface area contributed by atoms with Crippen molar-refractivity contribution in [3.63, 3.8) is 0 Å². The Morgan fingerprint density at radius 1 is 0.833 bits per heavy atom. The van der Waals surface area contributed by atoms with Gasteiger partial charge in [0.25, 0.3) is 0 Å². The lowest BCUT2D eigenvalue weighted by molar-refractivity contribution is -0.151. The fourth-order valence-electron chi connectivity index (χ4n) is 10.7. The molecule has 0 spiro atoms. The second-order valence-electron chi connectivity index (χ2n) is 15.1. The summed E-state index contributed by atoms with van der Waals surface area (Å²) in [7, 11) is -3.60. The molecule has 9 unspecified atom stereocenters. The highest BCUT2D eigenvalue weighted by atomic mass is 32.2. The standard InChI is InChI=1S/C37H52O4S/c1-4-37(39)22-21-36(3)28(25-37)15-17-31-32-18-16-27(35(32,2)20-19-33(31)36)23-30(24-34(38)26-11-7-5-8-12-26)42(40,41)29-13-9-6-10-14-29/h5-14,27-28,30-34,38-39H,4,15-25H2,1-3H3/t27?,28?,30?,31?,32?,33?,34?,35?,36?,37-/m0/s1. The molecule has 4 nitrogen and oxygen atoms in total. The Kier molecular flexibility index (Phi) is 8.20. The molecule has 6 rings (SSSR count). The van der Waals surface area contributed by atoms with Gasteiger partial charge in [0.1, 0.15) is 0 Å². The largest absolute Gasteiger partial charge is 0.390 e. The van der Waals surface area contributed by atoms with E-state index in [1.807, 2.05) is 36.4 Å². The van der Waals surface area contributed by atoms with Crippen molar-refractivity contribution in [2.45, 2.75) is 120 Å². The summed E-state index contributed by atoms with van der Waals surface area (Å²) in [6, 6.07) is 18.4. The third kappa shape index (κ3) is 5.20. The molecule has 0 bridgehead atoms.